The van der Waals surface area contributed by atoms with Crippen LogP contribution >= 0.6 is 11.8 Å². The van der Waals surface area contributed by atoms with E-state index in [0.29, 0.717) is 29.8 Å². The molecule has 32 heavy (non-hydrogen) atoms. The van der Waals surface area contributed by atoms with Crippen LogP contribution in [0.25, 0.3) is 11.3 Å². The molecule has 0 bridgehead atoms. The zero-order valence-corrected chi connectivity index (χ0v) is 19.0. The molecule has 3 rings (SSSR count). The van der Waals surface area contributed by atoms with E-state index in [0.717, 1.165) is 17.3 Å². The number of anilines is 2. The number of aromatic nitrogens is 3. The molecule has 0 radical (unpaired) electrons. The second-order valence-corrected chi connectivity index (χ2v) is 8.32. The van der Waals surface area contributed by atoms with Crippen molar-refractivity contribution in [3.8, 4) is 11.3 Å². The van der Waals surface area contributed by atoms with E-state index in [9.17, 15) is 14.4 Å². The number of H-pyrrole nitrogens is 1. The molecule has 1 aromatic heterocycles. The van der Waals surface area contributed by atoms with E-state index in [1.54, 1.807) is 19.1 Å². The topological polar surface area (TPSA) is 117 Å². The van der Waals surface area contributed by atoms with Crippen LogP contribution < -0.4 is 16.2 Å². The van der Waals surface area contributed by atoms with Crippen molar-refractivity contribution in [3.63, 3.8) is 0 Å². The van der Waals surface area contributed by atoms with E-state index < -0.39 is 10.8 Å². The maximum absolute atomic E-state index is 12.8. The van der Waals surface area contributed by atoms with Crippen molar-refractivity contribution in [2.24, 2.45) is 0 Å². The van der Waals surface area contributed by atoms with E-state index in [1.165, 1.54) is 0 Å². The minimum absolute atomic E-state index is 0.103. The van der Waals surface area contributed by atoms with Gasteiger partial charge in [0.2, 0.25) is 11.8 Å². The molecule has 0 saturated carbocycles. The number of nitrogens with zero attached hydrogens (tertiary/aromatic N) is 2. The number of hydrogen-bond donors (Lipinski definition) is 3. The number of rotatable bonds is 8. The minimum atomic E-state index is -0.454. The molecule has 166 valence electrons. The van der Waals surface area contributed by atoms with Gasteiger partial charge in [0.15, 0.2) is 10.9 Å². The van der Waals surface area contributed by atoms with Crippen LogP contribution in [0.1, 0.15) is 32.3 Å². The first-order valence-corrected chi connectivity index (χ1v) is 11.2. The summed E-state index contributed by atoms with van der Waals surface area (Å²) in [5, 5.41) is 13.7. The summed E-state index contributed by atoms with van der Waals surface area (Å²) in [5.74, 6) is -0.347. The fourth-order valence-electron chi connectivity index (χ4n) is 2.95. The van der Waals surface area contributed by atoms with Gasteiger partial charge in [0.05, 0.1) is 10.9 Å². The summed E-state index contributed by atoms with van der Waals surface area (Å²) in [6.07, 6.45) is 0.855. The Kier molecular flexibility index (Phi) is 7.77. The zero-order chi connectivity index (χ0) is 23.1. The second-order valence-electron chi connectivity index (χ2n) is 7.13. The molecular formula is C23H25N5O3S. The number of amides is 2. The number of benzene rings is 2. The van der Waals surface area contributed by atoms with E-state index in [2.05, 4.69) is 25.8 Å². The predicted octanol–water partition coefficient (Wildman–Crippen LogP) is 4.00. The number of carbonyl (C=O) groups excluding carboxylic acids is 2. The summed E-state index contributed by atoms with van der Waals surface area (Å²) >= 11 is 1.14. The van der Waals surface area contributed by atoms with Crippen LogP contribution in [0.15, 0.2) is 58.5 Å². The molecule has 8 nitrogen and oxygen atoms in total. The third-order valence-electron chi connectivity index (χ3n) is 4.66. The molecule has 1 atom stereocenters. The maximum atomic E-state index is 12.8. The zero-order valence-electron chi connectivity index (χ0n) is 18.1. The van der Waals surface area contributed by atoms with Gasteiger partial charge < -0.3 is 10.6 Å². The first-order valence-electron chi connectivity index (χ1n) is 10.3. The van der Waals surface area contributed by atoms with E-state index in [-0.39, 0.29) is 22.7 Å². The number of aromatic amines is 1. The first-order chi connectivity index (χ1) is 15.4. The Morgan fingerprint density at radius 3 is 2.47 bits per heavy atom. The second kappa shape index (κ2) is 10.7. The van der Waals surface area contributed by atoms with Crippen molar-refractivity contribution >= 4 is 35.0 Å². The smallest absolute Gasteiger partial charge is 0.278 e. The quantitative estimate of drug-likeness (QED) is 0.446. The molecule has 0 aliphatic carbocycles. The number of aryl methyl sites for hydroxylation is 1. The van der Waals surface area contributed by atoms with Gasteiger partial charge >= 0.3 is 0 Å². The molecule has 1 heterocycles. The van der Waals surface area contributed by atoms with Crippen LogP contribution in [-0.2, 0) is 9.59 Å². The average Bonchev–Trinajstić information content (AvgIpc) is 2.79. The maximum Gasteiger partial charge on any atom is 0.278 e. The first kappa shape index (κ1) is 23.2. The highest BCUT2D eigenvalue weighted by Gasteiger charge is 2.21. The molecule has 2 aromatic carbocycles. The van der Waals surface area contributed by atoms with Crippen molar-refractivity contribution in [3.05, 3.63) is 64.4 Å². The van der Waals surface area contributed by atoms with Crippen molar-refractivity contribution in [2.75, 3.05) is 10.6 Å². The monoisotopic (exact) mass is 451 g/mol. The lowest BCUT2D eigenvalue weighted by atomic mass is 10.1. The van der Waals surface area contributed by atoms with Crippen molar-refractivity contribution < 1.29 is 9.59 Å². The Balaban J connectivity index is 1.82. The lowest BCUT2D eigenvalue weighted by Crippen LogP contribution is -2.25. The van der Waals surface area contributed by atoms with Crippen molar-refractivity contribution in [1.82, 2.24) is 15.2 Å². The van der Waals surface area contributed by atoms with Crippen LogP contribution in [0, 0.1) is 6.92 Å². The van der Waals surface area contributed by atoms with E-state index in [4.69, 9.17) is 0 Å². The van der Waals surface area contributed by atoms with Crippen LogP contribution in [0.2, 0.25) is 0 Å². The van der Waals surface area contributed by atoms with Crippen LogP contribution in [-0.4, -0.2) is 32.2 Å². The third-order valence-corrected chi connectivity index (χ3v) is 5.90. The number of nitrogens with one attached hydrogen (secondary N) is 3. The Morgan fingerprint density at radius 1 is 1.06 bits per heavy atom. The van der Waals surface area contributed by atoms with Gasteiger partial charge in [-0.25, -0.2) is 0 Å². The average molecular weight is 452 g/mol. The van der Waals surface area contributed by atoms with Crippen LogP contribution in [0.4, 0.5) is 11.4 Å². The van der Waals surface area contributed by atoms with Crippen LogP contribution in [0.5, 0.6) is 0 Å². The third kappa shape index (κ3) is 5.82. The summed E-state index contributed by atoms with van der Waals surface area (Å²) in [6, 6.07) is 14.5. The minimum Gasteiger partial charge on any atom is -0.325 e. The fourth-order valence-corrected chi connectivity index (χ4v) is 3.80. The standard InChI is InChI=1S/C23H25N5O3S/c1-4-18(21(30)24-15-9-7-6-8-10-15)32-23-26-22(31)20(27-28-23)16-13-14(3)11-12-17(16)25-19(29)5-2/h6-13,18H,4-5H2,1-3H3,(H,24,30)(H,25,29)(H,26,28,31)/t18-/m0/s1. The molecule has 2 amide bonds. The summed E-state index contributed by atoms with van der Waals surface area (Å²) in [6.45, 7) is 5.52. The predicted molar refractivity (Wildman–Crippen MR) is 127 cm³/mol. The largest absolute Gasteiger partial charge is 0.325 e. The SMILES string of the molecule is CCC(=O)Nc1ccc(C)cc1-c1nnc(S[C@@H](CC)C(=O)Nc2ccccc2)[nH]c1=O. The molecule has 0 aliphatic heterocycles. The van der Waals surface area contributed by atoms with Gasteiger partial charge in [-0.1, -0.05) is 55.4 Å². The molecule has 3 aromatic rings. The lowest BCUT2D eigenvalue weighted by Gasteiger charge is -2.14. The summed E-state index contributed by atoms with van der Waals surface area (Å²) in [4.78, 5) is 40.0. The van der Waals surface area contributed by atoms with Gasteiger partial charge in [0.1, 0.15) is 0 Å². The van der Waals surface area contributed by atoms with Gasteiger partial charge in [0.25, 0.3) is 5.56 Å². The Bertz CT molecular complexity index is 1160. The van der Waals surface area contributed by atoms with Gasteiger partial charge in [-0.2, -0.15) is 0 Å². The molecule has 0 aliphatic rings. The molecular weight excluding hydrogens is 426 g/mol. The normalized spacial score (nSPS) is 11.6. The molecule has 0 unspecified atom stereocenters. The molecule has 0 fully saturated rings. The van der Waals surface area contributed by atoms with Crippen molar-refractivity contribution in [1.29, 1.82) is 0 Å². The number of carbonyl (C=O) groups is 2. The summed E-state index contributed by atoms with van der Waals surface area (Å²) < 4.78 is 0. The van der Waals surface area contributed by atoms with Crippen LogP contribution in [0.3, 0.4) is 0 Å². The Hall–Kier alpha value is -3.46. The van der Waals surface area contributed by atoms with Gasteiger partial charge in [-0.05, 0) is 37.6 Å². The molecule has 0 spiro atoms. The number of thioether (sulfide) groups is 1. The Morgan fingerprint density at radius 2 is 1.81 bits per heavy atom. The Labute approximate surface area is 190 Å². The summed E-state index contributed by atoms with van der Waals surface area (Å²) in [5.41, 5.74) is 2.26. The molecule has 3 N–H and O–H groups in total. The summed E-state index contributed by atoms with van der Waals surface area (Å²) in [7, 11) is 0. The lowest BCUT2D eigenvalue weighted by molar-refractivity contribution is -0.116. The van der Waals surface area contributed by atoms with Gasteiger partial charge in [-0.3, -0.25) is 19.4 Å². The van der Waals surface area contributed by atoms with Gasteiger partial charge in [-0.15, -0.1) is 10.2 Å². The molecule has 9 heteroatoms. The molecule has 0 saturated heterocycles. The van der Waals surface area contributed by atoms with E-state index in [1.807, 2.05) is 50.2 Å². The fraction of sp³-hybridized carbons (Fsp3) is 0.261. The highest BCUT2D eigenvalue weighted by atomic mass is 32.2. The number of para-hydroxylation sites is 1. The number of hydrogen-bond acceptors (Lipinski definition) is 6. The van der Waals surface area contributed by atoms with Gasteiger partial charge in [0, 0.05) is 17.7 Å². The highest BCUT2D eigenvalue weighted by molar-refractivity contribution is 8.00. The van der Waals surface area contributed by atoms with Crippen molar-refractivity contribution in [2.45, 2.75) is 44.0 Å². The highest BCUT2D eigenvalue weighted by Crippen LogP contribution is 2.27. The van der Waals surface area contributed by atoms with E-state index >= 15 is 0 Å².